The number of ether oxygens (including phenoxy) is 1. The summed E-state index contributed by atoms with van der Waals surface area (Å²) in [5, 5.41) is 22.0. The van der Waals surface area contributed by atoms with Gasteiger partial charge in [0.2, 0.25) is 5.71 Å². The molecule has 0 aliphatic carbocycles. The minimum Gasteiger partial charge on any atom is -0.443 e. The Morgan fingerprint density at radius 3 is 2.31 bits per heavy atom. The van der Waals surface area contributed by atoms with Crippen LogP contribution in [0.4, 0.5) is 10.5 Å². The molecular formula is C22H19N5O2. The van der Waals surface area contributed by atoms with Crippen LogP contribution in [0.25, 0.3) is 22.0 Å². The number of hydrazone groups is 1. The maximum Gasteiger partial charge on any atom is 0.418 e. The molecule has 0 unspecified atom stereocenters. The van der Waals surface area contributed by atoms with Gasteiger partial charge in [-0.15, -0.1) is 0 Å². The molecule has 0 aliphatic rings. The van der Waals surface area contributed by atoms with E-state index in [4.69, 9.17) is 15.3 Å². The third kappa shape index (κ3) is 4.60. The maximum atomic E-state index is 12.4. The molecule has 1 aromatic heterocycles. The number of rotatable bonds is 3. The van der Waals surface area contributed by atoms with Crippen molar-refractivity contribution in [3.63, 3.8) is 0 Å². The number of nitrogens with zero attached hydrogens (tertiary/aromatic N) is 4. The molecule has 0 saturated carbocycles. The second-order valence-corrected chi connectivity index (χ2v) is 7.31. The highest BCUT2D eigenvalue weighted by Crippen LogP contribution is 2.27. The van der Waals surface area contributed by atoms with Crippen molar-refractivity contribution in [2.45, 2.75) is 26.4 Å². The van der Waals surface area contributed by atoms with Crippen molar-refractivity contribution < 1.29 is 9.53 Å². The number of nitrogens with one attached hydrogen (secondary N) is 1. The van der Waals surface area contributed by atoms with E-state index in [0.29, 0.717) is 5.69 Å². The van der Waals surface area contributed by atoms with Gasteiger partial charge in [-0.2, -0.15) is 15.6 Å². The highest BCUT2D eigenvalue weighted by Gasteiger charge is 2.19. The molecule has 0 saturated heterocycles. The van der Waals surface area contributed by atoms with Crippen LogP contribution in [0.3, 0.4) is 0 Å². The van der Waals surface area contributed by atoms with Gasteiger partial charge in [0.1, 0.15) is 17.7 Å². The fraction of sp³-hybridized carbons (Fsp3) is 0.182. The summed E-state index contributed by atoms with van der Waals surface area (Å²) in [6.07, 6.45) is 1.29. The molecule has 7 heteroatoms. The van der Waals surface area contributed by atoms with Gasteiger partial charge >= 0.3 is 6.09 Å². The molecule has 1 N–H and O–H groups in total. The van der Waals surface area contributed by atoms with Gasteiger partial charge in [-0.25, -0.2) is 4.79 Å². The highest BCUT2D eigenvalue weighted by atomic mass is 16.6. The van der Waals surface area contributed by atoms with Crippen LogP contribution in [0, 0.1) is 22.7 Å². The Morgan fingerprint density at radius 2 is 1.69 bits per heavy atom. The fourth-order valence-electron chi connectivity index (χ4n) is 2.73. The van der Waals surface area contributed by atoms with Crippen LogP contribution in [0.15, 0.2) is 59.8 Å². The van der Waals surface area contributed by atoms with Gasteiger partial charge in [-0.3, -0.25) is 9.99 Å². The van der Waals surface area contributed by atoms with Crippen molar-refractivity contribution in [2.75, 3.05) is 5.43 Å². The number of fused-ring (bicyclic) bond motifs is 1. The highest BCUT2D eigenvalue weighted by molar-refractivity contribution is 6.10. The fourth-order valence-corrected chi connectivity index (χ4v) is 2.73. The topological polar surface area (TPSA) is 103 Å². The second kappa shape index (κ2) is 7.87. The SMILES string of the molecule is CC(C)(C)OC(=O)n1ccc2cc(-c3ccc(NN=C(C#N)C#N)cc3)ccc21. The molecule has 0 spiro atoms. The molecule has 7 nitrogen and oxygen atoms in total. The summed E-state index contributed by atoms with van der Waals surface area (Å²) in [6, 6.07) is 18.5. The number of aromatic nitrogens is 1. The van der Waals surface area contributed by atoms with E-state index in [1.807, 2.05) is 57.2 Å². The lowest BCUT2D eigenvalue weighted by atomic mass is 10.0. The predicted octanol–water partition coefficient (Wildman–Crippen LogP) is 4.91. The Bertz CT molecular complexity index is 1150. The average molecular weight is 385 g/mol. The van der Waals surface area contributed by atoms with Gasteiger partial charge in [-0.05, 0) is 62.2 Å². The van der Waals surface area contributed by atoms with E-state index >= 15 is 0 Å². The van der Waals surface area contributed by atoms with E-state index in [1.165, 1.54) is 4.57 Å². The van der Waals surface area contributed by atoms with Crippen LogP contribution in [0.5, 0.6) is 0 Å². The van der Waals surface area contributed by atoms with Crippen molar-refractivity contribution in [1.82, 2.24) is 4.57 Å². The lowest BCUT2D eigenvalue weighted by Crippen LogP contribution is -2.26. The van der Waals surface area contributed by atoms with Crippen LogP contribution < -0.4 is 5.43 Å². The number of benzene rings is 2. The molecule has 144 valence electrons. The monoisotopic (exact) mass is 385 g/mol. The summed E-state index contributed by atoms with van der Waals surface area (Å²) in [7, 11) is 0. The lowest BCUT2D eigenvalue weighted by molar-refractivity contribution is 0.0544. The summed E-state index contributed by atoms with van der Waals surface area (Å²) in [4.78, 5) is 12.4. The number of nitriles is 2. The van der Waals surface area contributed by atoms with Gasteiger partial charge in [-0.1, -0.05) is 18.2 Å². The Morgan fingerprint density at radius 1 is 1.03 bits per heavy atom. The first-order chi connectivity index (χ1) is 13.8. The molecule has 0 fully saturated rings. The van der Waals surface area contributed by atoms with Crippen molar-refractivity contribution >= 4 is 28.4 Å². The average Bonchev–Trinajstić information content (AvgIpc) is 3.11. The zero-order valence-corrected chi connectivity index (χ0v) is 16.3. The van der Waals surface area contributed by atoms with E-state index in [-0.39, 0.29) is 5.71 Å². The molecule has 0 aliphatic heterocycles. The molecule has 0 amide bonds. The quantitative estimate of drug-likeness (QED) is 0.510. The van der Waals surface area contributed by atoms with Crippen molar-refractivity contribution in [3.8, 4) is 23.3 Å². The molecule has 1 heterocycles. The largest absolute Gasteiger partial charge is 0.443 e. The first-order valence-corrected chi connectivity index (χ1v) is 8.89. The van der Waals surface area contributed by atoms with E-state index in [9.17, 15) is 4.79 Å². The second-order valence-electron chi connectivity index (χ2n) is 7.31. The third-order valence-corrected chi connectivity index (χ3v) is 4.01. The van der Waals surface area contributed by atoms with Gasteiger partial charge in [0.05, 0.1) is 11.2 Å². The number of hydrogen-bond donors (Lipinski definition) is 1. The van der Waals surface area contributed by atoms with Gasteiger partial charge < -0.3 is 4.74 Å². The standard InChI is InChI=1S/C22H19N5O2/c1-22(2,3)29-21(28)27-11-10-17-12-16(6-9-20(17)27)15-4-7-18(8-5-15)25-26-19(13-23)14-24/h4-12,25H,1-3H3. The van der Waals surface area contributed by atoms with E-state index in [0.717, 1.165) is 22.0 Å². The lowest BCUT2D eigenvalue weighted by Gasteiger charge is -2.19. The van der Waals surface area contributed by atoms with Crippen LogP contribution >= 0.6 is 0 Å². The zero-order valence-electron chi connectivity index (χ0n) is 16.3. The molecular weight excluding hydrogens is 366 g/mol. The summed E-state index contributed by atoms with van der Waals surface area (Å²) < 4.78 is 6.94. The van der Waals surface area contributed by atoms with Crippen LogP contribution in [-0.2, 0) is 4.74 Å². The first-order valence-electron chi connectivity index (χ1n) is 8.89. The van der Waals surface area contributed by atoms with E-state index in [2.05, 4.69) is 10.5 Å². The Hall–Kier alpha value is -4.10. The van der Waals surface area contributed by atoms with Crippen molar-refractivity contribution in [2.24, 2.45) is 5.10 Å². The Balaban J connectivity index is 1.83. The Kier molecular flexibility index (Phi) is 5.34. The molecule has 3 rings (SSSR count). The first kappa shape index (κ1) is 19.7. The molecule has 2 aromatic carbocycles. The summed E-state index contributed by atoms with van der Waals surface area (Å²) in [5.74, 6) is 0. The van der Waals surface area contributed by atoms with Crippen molar-refractivity contribution in [3.05, 3.63) is 54.7 Å². The minimum atomic E-state index is -0.561. The normalized spacial score (nSPS) is 10.7. The summed E-state index contributed by atoms with van der Waals surface area (Å²) in [6.45, 7) is 5.50. The molecule has 0 bridgehead atoms. The minimum absolute atomic E-state index is 0.242. The Labute approximate surface area is 168 Å². The smallest absolute Gasteiger partial charge is 0.418 e. The van der Waals surface area contributed by atoms with Gasteiger partial charge in [0.15, 0.2) is 0 Å². The maximum absolute atomic E-state index is 12.4. The van der Waals surface area contributed by atoms with Gasteiger partial charge in [0.25, 0.3) is 0 Å². The molecule has 0 atom stereocenters. The van der Waals surface area contributed by atoms with Crippen LogP contribution in [0.2, 0.25) is 0 Å². The molecule has 0 radical (unpaired) electrons. The van der Waals surface area contributed by atoms with Crippen molar-refractivity contribution in [1.29, 1.82) is 10.5 Å². The number of hydrogen-bond acceptors (Lipinski definition) is 6. The van der Waals surface area contributed by atoms with E-state index in [1.54, 1.807) is 30.5 Å². The third-order valence-electron chi connectivity index (χ3n) is 4.01. The molecule has 29 heavy (non-hydrogen) atoms. The number of anilines is 1. The predicted molar refractivity (Wildman–Crippen MR) is 111 cm³/mol. The van der Waals surface area contributed by atoms with E-state index < -0.39 is 11.7 Å². The number of carbonyl (C=O) groups is 1. The zero-order chi connectivity index (χ0) is 21.0. The summed E-state index contributed by atoms with van der Waals surface area (Å²) in [5.41, 5.74) is 5.28. The summed E-state index contributed by atoms with van der Waals surface area (Å²) >= 11 is 0. The van der Waals surface area contributed by atoms with Gasteiger partial charge in [0, 0.05) is 11.6 Å². The number of carbonyl (C=O) groups excluding carboxylic acids is 1. The molecule has 3 aromatic rings. The van der Waals surface area contributed by atoms with Crippen LogP contribution in [-0.4, -0.2) is 22.0 Å². The van der Waals surface area contributed by atoms with Crippen LogP contribution in [0.1, 0.15) is 20.8 Å².